The van der Waals surface area contributed by atoms with Gasteiger partial charge < -0.3 is 0 Å². The molecule has 0 bridgehead atoms. The smallest absolute Gasteiger partial charge is 0.166 e. The van der Waals surface area contributed by atoms with Crippen LogP contribution in [0.15, 0.2) is 42.5 Å². The van der Waals surface area contributed by atoms with Crippen LogP contribution in [0.25, 0.3) is 11.1 Å². The molecule has 0 aliphatic heterocycles. The molecule has 0 saturated carbocycles. The zero-order valence-corrected chi connectivity index (χ0v) is 9.81. The largest absolute Gasteiger partial charge is 0.417 e. The minimum absolute atomic E-state index is 0.243. The average molecular weight is 289 g/mol. The molecule has 0 aliphatic rings. The van der Waals surface area contributed by atoms with Crippen LogP contribution in [0.4, 0.5) is 26.3 Å². The number of halogens is 6. The molecular weight excluding hydrogens is 282 g/mol. The van der Waals surface area contributed by atoms with Crippen LogP contribution < -0.4 is 0 Å². The van der Waals surface area contributed by atoms with E-state index < -0.39 is 23.5 Å². The van der Waals surface area contributed by atoms with Crippen molar-refractivity contribution in [3.8, 4) is 11.1 Å². The van der Waals surface area contributed by atoms with Crippen molar-refractivity contribution < 1.29 is 26.3 Å². The summed E-state index contributed by atoms with van der Waals surface area (Å²) >= 11 is 0. The number of rotatable bonds is 1. The standard InChI is InChI=1S/C14H7F6/c15-13(16,17)10-5-3-4-9(8-10)11-6-1-2-7-12(11)14(18,19)20/h1-3,5-8H. The number of hydrogen-bond acceptors (Lipinski definition) is 0. The van der Waals surface area contributed by atoms with Crippen molar-refractivity contribution >= 4 is 0 Å². The second-order valence-corrected chi connectivity index (χ2v) is 4.03. The minimum Gasteiger partial charge on any atom is -0.166 e. The van der Waals surface area contributed by atoms with Crippen molar-refractivity contribution in [2.75, 3.05) is 0 Å². The molecule has 105 valence electrons. The lowest BCUT2D eigenvalue weighted by molar-refractivity contribution is -0.137. The number of hydrogen-bond donors (Lipinski definition) is 0. The van der Waals surface area contributed by atoms with Gasteiger partial charge in [-0.25, -0.2) is 0 Å². The molecule has 2 rings (SSSR count). The molecular formula is C14H7F6. The molecule has 0 N–H and O–H groups in total. The Labute approximate surface area is 110 Å². The summed E-state index contributed by atoms with van der Waals surface area (Å²) in [4.78, 5) is 0. The Kier molecular flexibility index (Phi) is 3.50. The molecule has 2 aromatic rings. The molecule has 1 radical (unpaired) electrons. The first-order valence-electron chi connectivity index (χ1n) is 5.45. The number of alkyl halides is 6. The molecule has 0 nitrogen and oxygen atoms in total. The molecule has 6 heteroatoms. The van der Waals surface area contributed by atoms with Crippen molar-refractivity contribution in [2.24, 2.45) is 0 Å². The summed E-state index contributed by atoms with van der Waals surface area (Å²) in [6, 6.07) is 9.25. The molecule has 0 atom stereocenters. The van der Waals surface area contributed by atoms with E-state index in [2.05, 4.69) is 6.07 Å². The lowest BCUT2D eigenvalue weighted by Crippen LogP contribution is -2.08. The van der Waals surface area contributed by atoms with Crippen molar-refractivity contribution in [2.45, 2.75) is 12.4 Å². The summed E-state index contributed by atoms with van der Waals surface area (Å²) in [5.74, 6) is 0. The van der Waals surface area contributed by atoms with E-state index in [0.29, 0.717) is 6.07 Å². The predicted octanol–water partition coefficient (Wildman–Crippen LogP) is 5.19. The third-order valence-corrected chi connectivity index (χ3v) is 2.65. The van der Waals surface area contributed by atoms with Crippen LogP contribution in [-0.2, 0) is 12.4 Å². The fourth-order valence-electron chi connectivity index (χ4n) is 1.76. The molecule has 0 saturated heterocycles. The topological polar surface area (TPSA) is 0 Å². The van der Waals surface area contributed by atoms with Gasteiger partial charge in [-0.3, -0.25) is 0 Å². The summed E-state index contributed by atoms with van der Waals surface area (Å²) in [7, 11) is 0. The molecule has 2 aromatic carbocycles. The van der Waals surface area contributed by atoms with Crippen molar-refractivity contribution in [3.05, 3.63) is 59.7 Å². The summed E-state index contributed by atoms with van der Waals surface area (Å²) in [6.07, 6.45) is -9.25. The van der Waals surface area contributed by atoms with E-state index in [1.54, 1.807) is 0 Å². The maximum absolute atomic E-state index is 12.8. The quantitative estimate of drug-likeness (QED) is 0.634. The van der Waals surface area contributed by atoms with Crippen molar-refractivity contribution in [3.63, 3.8) is 0 Å². The summed E-state index contributed by atoms with van der Waals surface area (Å²) in [5.41, 5.74) is -2.57. The lowest BCUT2D eigenvalue weighted by Gasteiger charge is -2.14. The minimum atomic E-state index is -4.64. The van der Waals surface area contributed by atoms with E-state index in [9.17, 15) is 26.3 Å². The van der Waals surface area contributed by atoms with Gasteiger partial charge in [-0.05, 0) is 35.4 Å². The zero-order chi connectivity index (χ0) is 15.0. The third kappa shape index (κ3) is 2.95. The van der Waals surface area contributed by atoms with E-state index >= 15 is 0 Å². The predicted molar refractivity (Wildman–Crippen MR) is 60.7 cm³/mol. The van der Waals surface area contributed by atoms with Gasteiger partial charge in [0.25, 0.3) is 0 Å². The van der Waals surface area contributed by atoms with Gasteiger partial charge in [-0.15, -0.1) is 0 Å². The van der Waals surface area contributed by atoms with Crippen molar-refractivity contribution in [1.29, 1.82) is 0 Å². The molecule has 0 fully saturated rings. The molecule has 0 spiro atoms. The van der Waals surface area contributed by atoms with Crippen molar-refractivity contribution in [1.82, 2.24) is 0 Å². The highest BCUT2D eigenvalue weighted by molar-refractivity contribution is 5.68. The molecule has 20 heavy (non-hydrogen) atoms. The first-order chi connectivity index (χ1) is 9.19. The van der Waals surface area contributed by atoms with Crippen LogP contribution >= 0.6 is 0 Å². The Morgan fingerprint density at radius 1 is 0.800 bits per heavy atom. The van der Waals surface area contributed by atoms with E-state index in [-0.39, 0.29) is 11.1 Å². The fourth-order valence-corrected chi connectivity index (χ4v) is 1.76. The third-order valence-electron chi connectivity index (χ3n) is 2.65. The van der Waals surface area contributed by atoms with Crippen LogP contribution in [0.1, 0.15) is 11.1 Å². The van der Waals surface area contributed by atoms with Gasteiger partial charge in [0.05, 0.1) is 11.1 Å². The van der Waals surface area contributed by atoms with Gasteiger partial charge in [0.15, 0.2) is 0 Å². The Hall–Kier alpha value is -1.98. The first kappa shape index (κ1) is 14.4. The van der Waals surface area contributed by atoms with Gasteiger partial charge in [0.1, 0.15) is 0 Å². The molecule has 0 heterocycles. The summed E-state index contributed by atoms with van der Waals surface area (Å²) in [5, 5.41) is 0. The Balaban J connectivity index is 2.59. The Morgan fingerprint density at radius 2 is 1.45 bits per heavy atom. The van der Waals surface area contributed by atoms with Crippen LogP contribution in [-0.4, -0.2) is 0 Å². The van der Waals surface area contributed by atoms with Crippen LogP contribution in [0.2, 0.25) is 0 Å². The van der Waals surface area contributed by atoms with Crippen LogP contribution in [0.3, 0.4) is 0 Å². The fraction of sp³-hybridized carbons (Fsp3) is 0.143. The maximum Gasteiger partial charge on any atom is 0.417 e. The van der Waals surface area contributed by atoms with Crippen LogP contribution in [0.5, 0.6) is 0 Å². The average Bonchev–Trinajstić information content (AvgIpc) is 2.37. The summed E-state index contributed by atoms with van der Waals surface area (Å²) in [6.45, 7) is 0. The van der Waals surface area contributed by atoms with Gasteiger partial charge in [-0.2, -0.15) is 26.3 Å². The second-order valence-electron chi connectivity index (χ2n) is 4.03. The Bertz CT molecular complexity index is 610. The van der Waals surface area contributed by atoms with Gasteiger partial charge in [-0.1, -0.05) is 24.3 Å². The highest BCUT2D eigenvalue weighted by Crippen LogP contribution is 2.38. The van der Waals surface area contributed by atoms with E-state index in [1.807, 2.05) is 0 Å². The second kappa shape index (κ2) is 4.85. The monoisotopic (exact) mass is 289 g/mol. The van der Waals surface area contributed by atoms with E-state index in [4.69, 9.17) is 0 Å². The highest BCUT2D eigenvalue weighted by Gasteiger charge is 2.34. The van der Waals surface area contributed by atoms with E-state index in [1.165, 1.54) is 12.1 Å². The maximum atomic E-state index is 12.8. The molecule has 0 aliphatic carbocycles. The zero-order valence-electron chi connectivity index (χ0n) is 9.81. The van der Waals surface area contributed by atoms with Gasteiger partial charge in [0.2, 0.25) is 0 Å². The summed E-state index contributed by atoms with van der Waals surface area (Å²) < 4.78 is 76.2. The molecule has 0 aromatic heterocycles. The highest BCUT2D eigenvalue weighted by atomic mass is 19.4. The Morgan fingerprint density at radius 3 is 2.05 bits per heavy atom. The lowest BCUT2D eigenvalue weighted by atomic mass is 9.97. The van der Waals surface area contributed by atoms with E-state index in [0.717, 1.165) is 24.3 Å². The SMILES string of the molecule is FC(F)(F)c1cc[c]c(-c2ccccc2C(F)(F)F)c1. The normalized spacial score (nSPS) is 12.5. The number of benzene rings is 2. The molecule has 0 amide bonds. The van der Waals surface area contributed by atoms with Crippen LogP contribution in [0, 0.1) is 6.07 Å². The van der Waals surface area contributed by atoms with Gasteiger partial charge >= 0.3 is 12.4 Å². The van der Waals surface area contributed by atoms with Gasteiger partial charge in [0, 0.05) is 0 Å². The first-order valence-corrected chi connectivity index (χ1v) is 5.45. The molecule has 0 unspecified atom stereocenters.